The van der Waals surface area contributed by atoms with E-state index in [1.807, 2.05) is 60.7 Å². The summed E-state index contributed by atoms with van der Waals surface area (Å²) < 4.78 is 6.19. The molecule has 0 heterocycles. The van der Waals surface area contributed by atoms with Crippen molar-refractivity contribution in [2.24, 2.45) is 0 Å². The van der Waals surface area contributed by atoms with Crippen LogP contribution in [0.4, 0.5) is 0 Å². The van der Waals surface area contributed by atoms with Gasteiger partial charge in [0.25, 0.3) is 5.91 Å². The fourth-order valence-corrected chi connectivity index (χ4v) is 3.10. The lowest BCUT2D eigenvalue weighted by Gasteiger charge is -2.20. The molecule has 0 aromatic heterocycles. The molecule has 1 amide bonds. The summed E-state index contributed by atoms with van der Waals surface area (Å²) >= 11 is 6.29. The molecule has 1 atom stereocenters. The van der Waals surface area contributed by atoms with E-state index in [0.717, 1.165) is 29.2 Å². The average Bonchev–Trinajstić information content (AvgIpc) is 3.46. The Morgan fingerprint density at radius 1 is 0.960 bits per heavy atom. The number of rotatable bonds is 5. The Labute approximate surface area is 151 Å². The fourth-order valence-electron chi connectivity index (χ4n) is 2.87. The van der Waals surface area contributed by atoms with E-state index >= 15 is 0 Å². The molecule has 3 aromatic carbocycles. The summed E-state index contributed by atoms with van der Waals surface area (Å²) in [5.74, 6) is 0.549. The molecule has 1 saturated carbocycles. The highest BCUT2D eigenvalue weighted by atomic mass is 35.5. The lowest BCUT2D eigenvalue weighted by molar-refractivity contribution is -0.128. The summed E-state index contributed by atoms with van der Waals surface area (Å²) in [6.45, 7) is 0. The molecule has 3 aromatic rings. The summed E-state index contributed by atoms with van der Waals surface area (Å²) in [5, 5.41) is 5.52. The molecule has 25 heavy (non-hydrogen) atoms. The van der Waals surface area contributed by atoms with Gasteiger partial charge in [-0.05, 0) is 25.0 Å². The Morgan fingerprint density at radius 3 is 2.36 bits per heavy atom. The first-order valence-electron chi connectivity index (χ1n) is 8.41. The van der Waals surface area contributed by atoms with Gasteiger partial charge in [-0.15, -0.1) is 0 Å². The van der Waals surface area contributed by atoms with E-state index in [4.69, 9.17) is 16.3 Å². The number of halogens is 1. The molecule has 3 nitrogen and oxygen atoms in total. The number of hydrogen-bond donors (Lipinski definition) is 1. The third-order valence-corrected chi connectivity index (χ3v) is 4.67. The third kappa shape index (κ3) is 3.47. The Hall–Kier alpha value is -2.52. The van der Waals surface area contributed by atoms with E-state index in [9.17, 15) is 4.79 Å². The first-order valence-corrected chi connectivity index (χ1v) is 8.79. The second kappa shape index (κ2) is 6.77. The van der Waals surface area contributed by atoms with E-state index in [1.165, 1.54) is 0 Å². The lowest BCUT2D eigenvalue weighted by atomic mass is 10.1. The van der Waals surface area contributed by atoms with Crippen molar-refractivity contribution in [1.29, 1.82) is 0 Å². The maximum absolute atomic E-state index is 12.7. The molecular formula is C21H18ClNO2. The molecule has 4 heteroatoms. The summed E-state index contributed by atoms with van der Waals surface area (Å²) in [7, 11) is 0. The van der Waals surface area contributed by atoms with Crippen molar-refractivity contribution in [3.63, 3.8) is 0 Å². The SMILES string of the molecule is O=C(NC1CC1)[C@H](Oc1ccc(Cl)c2ccccc12)c1ccccc1. The highest BCUT2D eigenvalue weighted by Crippen LogP contribution is 2.34. The summed E-state index contributed by atoms with van der Waals surface area (Å²) in [6.07, 6.45) is 1.39. The van der Waals surface area contributed by atoms with Crippen LogP contribution in [0.5, 0.6) is 5.75 Å². The van der Waals surface area contributed by atoms with Gasteiger partial charge in [0.15, 0.2) is 0 Å². The predicted octanol–water partition coefficient (Wildman–Crippen LogP) is 4.89. The molecule has 4 rings (SSSR count). The van der Waals surface area contributed by atoms with Crippen LogP contribution in [0.1, 0.15) is 24.5 Å². The largest absolute Gasteiger partial charge is 0.475 e. The molecule has 0 bridgehead atoms. The zero-order chi connectivity index (χ0) is 17.2. The van der Waals surface area contributed by atoms with Crippen LogP contribution >= 0.6 is 11.6 Å². The second-order valence-electron chi connectivity index (χ2n) is 6.28. The molecule has 0 saturated heterocycles. The number of hydrogen-bond acceptors (Lipinski definition) is 2. The molecule has 0 spiro atoms. The minimum absolute atomic E-state index is 0.104. The fraction of sp³-hybridized carbons (Fsp3) is 0.190. The van der Waals surface area contributed by atoms with Gasteiger partial charge in [-0.3, -0.25) is 4.79 Å². The van der Waals surface area contributed by atoms with Gasteiger partial charge in [0.05, 0.1) is 0 Å². The Bertz CT molecular complexity index is 906. The van der Waals surface area contributed by atoms with Crippen LogP contribution in [0.2, 0.25) is 5.02 Å². The molecule has 1 fully saturated rings. The van der Waals surface area contributed by atoms with Gasteiger partial charge in [0.2, 0.25) is 6.10 Å². The molecule has 0 aliphatic heterocycles. The maximum Gasteiger partial charge on any atom is 0.266 e. The van der Waals surface area contributed by atoms with Crippen molar-refractivity contribution >= 4 is 28.3 Å². The van der Waals surface area contributed by atoms with Crippen LogP contribution in [0.3, 0.4) is 0 Å². The van der Waals surface area contributed by atoms with Crippen LogP contribution in [0.15, 0.2) is 66.7 Å². The van der Waals surface area contributed by atoms with Crippen LogP contribution in [0, 0.1) is 0 Å². The Balaban J connectivity index is 1.71. The minimum atomic E-state index is -0.689. The maximum atomic E-state index is 12.7. The van der Waals surface area contributed by atoms with E-state index in [1.54, 1.807) is 6.07 Å². The molecule has 126 valence electrons. The quantitative estimate of drug-likeness (QED) is 0.710. The third-order valence-electron chi connectivity index (χ3n) is 4.34. The molecule has 0 radical (unpaired) electrons. The van der Waals surface area contributed by atoms with Crippen LogP contribution in [0.25, 0.3) is 10.8 Å². The minimum Gasteiger partial charge on any atom is -0.475 e. The van der Waals surface area contributed by atoms with Crippen LogP contribution < -0.4 is 10.1 Å². The molecular weight excluding hydrogens is 334 g/mol. The molecule has 0 unspecified atom stereocenters. The van der Waals surface area contributed by atoms with Gasteiger partial charge < -0.3 is 10.1 Å². The monoisotopic (exact) mass is 351 g/mol. The van der Waals surface area contributed by atoms with E-state index in [-0.39, 0.29) is 11.9 Å². The highest BCUT2D eigenvalue weighted by molar-refractivity contribution is 6.35. The topological polar surface area (TPSA) is 38.3 Å². The van der Waals surface area contributed by atoms with Crippen molar-refractivity contribution in [1.82, 2.24) is 5.32 Å². The zero-order valence-electron chi connectivity index (χ0n) is 13.6. The number of ether oxygens (including phenoxy) is 1. The van der Waals surface area contributed by atoms with Crippen molar-refractivity contribution in [3.05, 3.63) is 77.3 Å². The van der Waals surface area contributed by atoms with Gasteiger partial charge in [-0.2, -0.15) is 0 Å². The summed E-state index contributed by atoms with van der Waals surface area (Å²) in [4.78, 5) is 12.7. The number of benzene rings is 3. The number of carbonyl (C=O) groups is 1. The smallest absolute Gasteiger partial charge is 0.266 e. The number of carbonyl (C=O) groups excluding carboxylic acids is 1. The molecule has 1 N–H and O–H groups in total. The first kappa shape index (κ1) is 16.0. The molecule has 1 aliphatic rings. The van der Waals surface area contributed by atoms with Crippen molar-refractivity contribution < 1.29 is 9.53 Å². The normalized spacial score (nSPS) is 14.9. The average molecular weight is 352 g/mol. The van der Waals surface area contributed by atoms with Crippen LogP contribution in [-0.2, 0) is 4.79 Å². The Morgan fingerprint density at radius 2 is 1.64 bits per heavy atom. The van der Waals surface area contributed by atoms with Gasteiger partial charge in [0.1, 0.15) is 5.75 Å². The highest BCUT2D eigenvalue weighted by Gasteiger charge is 2.30. The molecule has 1 aliphatic carbocycles. The summed E-state index contributed by atoms with van der Waals surface area (Å²) in [6, 6.07) is 21.3. The second-order valence-corrected chi connectivity index (χ2v) is 6.69. The van der Waals surface area contributed by atoms with Crippen molar-refractivity contribution in [2.75, 3.05) is 0 Å². The van der Waals surface area contributed by atoms with Crippen molar-refractivity contribution in [3.8, 4) is 5.75 Å². The van der Waals surface area contributed by atoms with Gasteiger partial charge in [0, 0.05) is 27.4 Å². The van der Waals surface area contributed by atoms with Gasteiger partial charge in [-0.1, -0.05) is 66.2 Å². The van der Waals surface area contributed by atoms with Gasteiger partial charge in [-0.25, -0.2) is 0 Å². The summed E-state index contributed by atoms with van der Waals surface area (Å²) in [5.41, 5.74) is 0.833. The van der Waals surface area contributed by atoms with E-state index in [2.05, 4.69) is 5.32 Å². The van der Waals surface area contributed by atoms with Gasteiger partial charge >= 0.3 is 0 Å². The lowest BCUT2D eigenvalue weighted by Crippen LogP contribution is -2.33. The predicted molar refractivity (Wildman–Crippen MR) is 99.9 cm³/mol. The number of nitrogens with one attached hydrogen (secondary N) is 1. The standard InChI is InChI=1S/C21H18ClNO2/c22-18-12-13-19(17-9-5-4-8-16(17)18)25-20(14-6-2-1-3-7-14)21(24)23-15-10-11-15/h1-9,12-13,15,20H,10-11H2,(H,23,24)/t20-/m1/s1. The number of amides is 1. The first-order chi connectivity index (χ1) is 12.2. The van der Waals surface area contributed by atoms with E-state index in [0.29, 0.717) is 10.8 Å². The number of fused-ring (bicyclic) bond motifs is 1. The van der Waals surface area contributed by atoms with E-state index < -0.39 is 6.10 Å². The zero-order valence-corrected chi connectivity index (χ0v) is 14.4. The van der Waals surface area contributed by atoms with Crippen molar-refractivity contribution in [2.45, 2.75) is 25.0 Å². The Kier molecular flexibility index (Phi) is 4.33. The van der Waals surface area contributed by atoms with Crippen LogP contribution in [-0.4, -0.2) is 11.9 Å².